The fourth-order valence-corrected chi connectivity index (χ4v) is 5.12. The summed E-state index contributed by atoms with van der Waals surface area (Å²) in [4.78, 5) is 15.0. The molecule has 1 amide bonds. The average Bonchev–Trinajstić information content (AvgIpc) is 3.20. The molecule has 0 fully saturated rings. The van der Waals surface area contributed by atoms with Crippen molar-refractivity contribution in [2.24, 2.45) is 0 Å². The second-order valence-electron chi connectivity index (χ2n) is 7.59. The Bertz CT molecular complexity index is 1220. The van der Waals surface area contributed by atoms with Gasteiger partial charge in [-0.25, -0.2) is 8.42 Å². The Kier molecular flexibility index (Phi) is 6.67. The van der Waals surface area contributed by atoms with Crippen LogP contribution in [0, 0.1) is 0 Å². The third kappa shape index (κ3) is 5.06. The van der Waals surface area contributed by atoms with Crippen LogP contribution in [-0.2, 0) is 16.4 Å². The van der Waals surface area contributed by atoms with E-state index in [0.717, 1.165) is 25.9 Å². The van der Waals surface area contributed by atoms with Gasteiger partial charge in [0.15, 0.2) is 0 Å². The highest BCUT2D eigenvalue weighted by Gasteiger charge is 2.18. The average molecular weight is 470 g/mol. The predicted molar refractivity (Wildman–Crippen MR) is 128 cm³/mol. The van der Waals surface area contributed by atoms with Gasteiger partial charge in [-0.3, -0.25) is 9.52 Å². The first-order chi connectivity index (χ1) is 15.4. The lowest BCUT2D eigenvalue weighted by atomic mass is 10.2. The summed E-state index contributed by atoms with van der Waals surface area (Å²) in [7, 11) is -3.72. The van der Waals surface area contributed by atoms with Gasteiger partial charge in [0.05, 0.1) is 21.2 Å². The molecule has 6 nitrogen and oxygen atoms in total. The molecule has 0 atom stereocenters. The van der Waals surface area contributed by atoms with Crippen molar-refractivity contribution in [1.29, 1.82) is 0 Å². The van der Waals surface area contributed by atoms with E-state index in [1.807, 2.05) is 6.07 Å². The van der Waals surface area contributed by atoms with Crippen molar-refractivity contribution in [3.63, 3.8) is 0 Å². The van der Waals surface area contributed by atoms with Crippen LogP contribution < -0.4 is 14.9 Å². The molecular weight excluding hydrogens is 446 g/mol. The van der Waals surface area contributed by atoms with Crippen molar-refractivity contribution >= 4 is 38.9 Å². The summed E-state index contributed by atoms with van der Waals surface area (Å²) < 4.78 is 27.4. The molecule has 0 radical (unpaired) electrons. The lowest BCUT2D eigenvalue weighted by Gasteiger charge is -2.19. The number of nitrogens with one attached hydrogen (secondary N) is 2. The Hall–Kier alpha value is -3.03. The number of rotatable bonds is 8. The molecule has 4 rings (SSSR count). The number of carbonyl (C=O) groups excluding carboxylic acids is 1. The summed E-state index contributed by atoms with van der Waals surface area (Å²) in [5, 5.41) is 3.08. The first-order valence-electron chi connectivity index (χ1n) is 10.4. The number of sulfonamides is 1. The maximum atomic E-state index is 12.5. The van der Waals surface area contributed by atoms with E-state index in [-0.39, 0.29) is 15.8 Å². The van der Waals surface area contributed by atoms with Gasteiger partial charge in [-0.05, 0) is 54.8 Å². The van der Waals surface area contributed by atoms with Gasteiger partial charge in [0.1, 0.15) is 0 Å². The van der Waals surface area contributed by atoms with Gasteiger partial charge in [-0.2, -0.15) is 0 Å². The largest absolute Gasteiger partial charge is 0.371 e. The van der Waals surface area contributed by atoms with Crippen molar-refractivity contribution in [2.75, 3.05) is 29.3 Å². The highest BCUT2D eigenvalue weighted by Crippen LogP contribution is 2.27. The summed E-state index contributed by atoms with van der Waals surface area (Å²) in [5.41, 5.74) is 3.24. The van der Waals surface area contributed by atoms with E-state index in [1.165, 1.54) is 41.6 Å². The van der Waals surface area contributed by atoms with Gasteiger partial charge in [0.2, 0.25) is 0 Å². The molecule has 0 unspecified atom stereocenters. The molecule has 0 saturated carbocycles. The first kappa shape index (κ1) is 22.2. The molecule has 1 aliphatic rings. The van der Waals surface area contributed by atoms with Crippen molar-refractivity contribution < 1.29 is 13.2 Å². The van der Waals surface area contributed by atoms with Crippen molar-refractivity contribution in [1.82, 2.24) is 5.32 Å². The molecule has 0 saturated heterocycles. The van der Waals surface area contributed by atoms with Crippen LogP contribution in [0.15, 0.2) is 77.7 Å². The Morgan fingerprint density at radius 1 is 1.00 bits per heavy atom. The number of benzene rings is 3. The Labute approximate surface area is 193 Å². The first-order valence-corrected chi connectivity index (χ1v) is 12.3. The normalized spacial score (nSPS) is 13.0. The van der Waals surface area contributed by atoms with E-state index in [2.05, 4.69) is 33.1 Å². The summed E-state index contributed by atoms with van der Waals surface area (Å²) in [6, 6.07) is 20.9. The van der Waals surface area contributed by atoms with E-state index >= 15 is 0 Å². The second kappa shape index (κ2) is 9.63. The van der Waals surface area contributed by atoms with E-state index in [4.69, 9.17) is 11.6 Å². The fraction of sp³-hybridized carbons (Fsp3) is 0.208. The molecule has 8 heteroatoms. The van der Waals surface area contributed by atoms with E-state index < -0.39 is 10.0 Å². The minimum atomic E-state index is -3.72. The maximum Gasteiger partial charge on any atom is 0.261 e. The maximum absolute atomic E-state index is 12.5. The molecule has 0 aromatic heterocycles. The Balaban J connectivity index is 1.31. The Morgan fingerprint density at radius 2 is 1.75 bits per heavy atom. The SMILES string of the molecule is O=C(NCCCN1CCc2ccccc21)c1ccc(NS(=O)(=O)c2ccccc2)cc1Cl. The van der Waals surface area contributed by atoms with Crippen LogP contribution >= 0.6 is 11.6 Å². The molecule has 32 heavy (non-hydrogen) atoms. The smallest absolute Gasteiger partial charge is 0.261 e. The number of hydrogen-bond acceptors (Lipinski definition) is 4. The molecule has 0 aliphatic carbocycles. The van der Waals surface area contributed by atoms with E-state index in [9.17, 15) is 13.2 Å². The Morgan fingerprint density at radius 3 is 2.53 bits per heavy atom. The molecule has 0 spiro atoms. The molecule has 1 aliphatic heterocycles. The molecule has 1 heterocycles. The summed E-state index contributed by atoms with van der Waals surface area (Å²) >= 11 is 6.27. The number of fused-ring (bicyclic) bond motifs is 1. The third-order valence-corrected chi connectivity index (χ3v) is 7.10. The van der Waals surface area contributed by atoms with Crippen LogP contribution in [0.25, 0.3) is 0 Å². The number of para-hydroxylation sites is 1. The van der Waals surface area contributed by atoms with Crippen LogP contribution in [0.5, 0.6) is 0 Å². The minimum Gasteiger partial charge on any atom is -0.371 e. The molecule has 3 aromatic carbocycles. The fourth-order valence-electron chi connectivity index (χ4n) is 3.78. The minimum absolute atomic E-state index is 0.151. The van der Waals surface area contributed by atoms with Crippen molar-refractivity contribution in [3.8, 4) is 0 Å². The monoisotopic (exact) mass is 469 g/mol. The van der Waals surface area contributed by atoms with E-state index in [0.29, 0.717) is 17.8 Å². The highest BCUT2D eigenvalue weighted by atomic mass is 35.5. The number of halogens is 1. The predicted octanol–water partition coefficient (Wildman–Crippen LogP) is 4.32. The van der Waals surface area contributed by atoms with Gasteiger partial charge in [-0.15, -0.1) is 0 Å². The van der Waals surface area contributed by atoms with Crippen LogP contribution in [0.1, 0.15) is 22.3 Å². The van der Waals surface area contributed by atoms with Crippen LogP contribution in [0.3, 0.4) is 0 Å². The molecule has 2 N–H and O–H groups in total. The molecular formula is C24H24ClN3O3S. The zero-order chi connectivity index (χ0) is 22.6. The van der Waals surface area contributed by atoms with Crippen molar-refractivity contribution in [2.45, 2.75) is 17.7 Å². The summed E-state index contributed by atoms with van der Waals surface area (Å²) in [6.07, 6.45) is 1.87. The number of hydrogen-bond donors (Lipinski definition) is 2. The van der Waals surface area contributed by atoms with Gasteiger partial charge >= 0.3 is 0 Å². The van der Waals surface area contributed by atoms with Crippen LogP contribution in [0.4, 0.5) is 11.4 Å². The van der Waals surface area contributed by atoms with E-state index in [1.54, 1.807) is 18.2 Å². The highest BCUT2D eigenvalue weighted by molar-refractivity contribution is 7.92. The topological polar surface area (TPSA) is 78.5 Å². The quantitative estimate of drug-likeness (QED) is 0.481. The van der Waals surface area contributed by atoms with Gasteiger partial charge in [0, 0.05) is 25.3 Å². The lowest BCUT2D eigenvalue weighted by molar-refractivity contribution is 0.0953. The lowest BCUT2D eigenvalue weighted by Crippen LogP contribution is -2.29. The third-order valence-electron chi connectivity index (χ3n) is 5.39. The van der Waals surface area contributed by atoms with Crippen LogP contribution in [0.2, 0.25) is 5.02 Å². The zero-order valence-electron chi connectivity index (χ0n) is 17.4. The summed E-state index contributed by atoms with van der Waals surface area (Å²) in [6.45, 7) is 2.39. The second-order valence-corrected chi connectivity index (χ2v) is 9.68. The van der Waals surface area contributed by atoms with Gasteiger partial charge in [-0.1, -0.05) is 48.0 Å². The van der Waals surface area contributed by atoms with Gasteiger partial charge < -0.3 is 10.2 Å². The molecule has 166 valence electrons. The number of anilines is 2. The zero-order valence-corrected chi connectivity index (χ0v) is 19.0. The van der Waals surface area contributed by atoms with Crippen molar-refractivity contribution in [3.05, 3.63) is 88.9 Å². The number of nitrogens with zero attached hydrogens (tertiary/aromatic N) is 1. The van der Waals surface area contributed by atoms with Crippen LogP contribution in [-0.4, -0.2) is 34.0 Å². The molecule has 0 bridgehead atoms. The summed E-state index contributed by atoms with van der Waals surface area (Å²) in [5.74, 6) is -0.283. The number of amides is 1. The number of carbonyl (C=O) groups is 1. The van der Waals surface area contributed by atoms with Gasteiger partial charge in [0.25, 0.3) is 15.9 Å². The standard InChI is InChI=1S/C24H24ClN3O3S/c25-22-17-19(27-32(30,31)20-8-2-1-3-9-20)11-12-21(22)24(29)26-14-6-15-28-16-13-18-7-4-5-10-23(18)28/h1-5,7-12,17,27H,6,13-16H2,(H,26,29). The molecule has 3 aromatic rings.